The molecule has 3 N–H and O–H groups in total. The van der Waals surface area contributed by atoms with Crippen LogP contribution in [0.15, 0.2) is 24.4 Å². The third-order valence-corrected chi connectivity index (χ3v) is 8.22. The van der Waals surface area contributed by atoms with Gasteiger partial charge in [0.15, 0.2) is 5.69 Å². The largest absolute Gasteiger partial charge is 0.389 e. The van der Waals surface area contributed by atoms with Gasteiger partial charge in [-0.15, -0.1) is 5.10 Å². The molecule has 2 saturated carbocycles. The standard InChI is InChI=1S/C28H32F7N7O2/c1-15(37-22(43)6-9-28(33,34)35)18-2-3-19-20(10-18)39-24(38-19)23(17-4-7-26(29,30)8-5-17)40-25(44)21-13-36-42(41-21)14-16-11-27(31,32)12-16/h2-3,10,13,15-17,23H,4-9,11-12,14H2,1H3,(H,37,43)(H,38,39)(H,40,44)/t15-,23+/m1/s1. The molecule has 16 heteroatoms. The summed E-state index contributed by atoms with van der Waals surface area (Å²) in [6, 6.07) is 3.56. The number of halogens is 7. The summed E-state index contributed by atoms with van der Waals surface area (Å²) < 4.78 is 91.7. The summed E-state index contributed by atoms with van der Waals surface area (Å²) in [7, 11) is 0. The number of hydrogen-bond acceptors (Lipinski definition) is 5. The monoisotopic (exact) mass is 631 g/mol. The van der Waals surface area contributed by atoms with Gasteiger partial charge in [0.05, 0.1) is 42.3 Å². The fourth-order valence-corrected chi connectivity index (χ4v) is 5.77. The first-order valence-corrected chi connectivity index (χ1v) is 14.4. The molecule has 0 spiro atoms. The minimum Gasteiger partial charge on any atom is -0.350 e. The number of fused-ring (bicyclic) bond motifs is 1. The average molecular weight is 632 g/mol. The number of nitrogens with one attached hydrogen (secondary N) is 3. The number of nitrogens with zero attached hydrogens (tertiary/aromatic N) is 4. The van der Waals surface area contributed by atoms with Gasteiger partial charge in [0.25, 0.3) is 5.91 Å². The molecule has 2 aliphatic rings. The molecular formula is C28H32F7N7O2. The Bertz CT molecular complexity index is 1480. The van der Waals surface area contributed by atoms with Gasteiger partial charge in [-0.05, 0) is 49.3 Å². The molecule has 0 aliphatic heterocycles. The Labute approximate surface area is 247 Å². The lowest BCUT2D eigenvalue weighted by Gasteiger charge is -2.34. The first-order valence-electron chi connectivity index (χ1n) is 14.4. The van der Waals surface area contributed by atoms with E-state index in [0.29, 0.717) is 22.4 Å². The number of alkyl halides is 7. The molecule has 2 atom stereocenters. The molecule has 0 bridgehead atoms. The van der Waals surface area contributed by atoms with E-state index in [2.05, 4.69) is 30.8 Å². The summed E-state index contributed by atoms with van der Waals surface area (Å²) in [5, 5.41) is 13.5. The quantitative estimate of drug-likeness (QED) is 0.237. The number of hydrogen-bond donors (Lipinski definition) is 3. The van der Waals surface area contributed by atoms with Gasteiger partial charge in [-0.2, -0.15) is 23.1 Å². The van der Waals surface area contributed by atoms with E-state index in [-0.39, 0.29) is 56.7 Å². The summed E-state index contributed by atoms with van der Waals surface area (Å²) in [5.74, 6) is -7.27. The van der Waals surface area contributed by atoms with E-state index < -0.39 is 60.7 Å². The Hall–Kier alpha value is -3.72. The number of rotatable bonds is 10. The third-order valence-electron chi connectivity index (χ3n) is 8.22. The summed E-state index contributed by atoms with van der Waals surface area (Å²) in [6.45, 7) is 1.76. The van der Waals surface area contributed by atoms with Crippen LogP contribution in [0.4, 0.5) is 30.7 Å². The number of aromatic nitrogens is 5. The topological polar surface area (TPSA) is 118 Å². The van der Waals surface area contributed by atoms with Crippen LogP contribution >= 0.6 is 0 Å². The molecule has 2 aromatic heterocycles. The number of carbonyl (C=O) groups excluding carboxylic acids is 2. The molecule has 0 unspecified atom stereocenters. The van der Waals surface area contributed by atoms with Crippen molar-refractivity contribution in [3.8, 4) is 0 Å². The second kappa shape index (κ2) is 12.0. The van der Waals surface area contributed by atoms with Crippen molar-refractivity contribution in [3.63, 3.8) is 0 Å². The Morgan fingerprint density at radius 2 is 1.80 bits per heavy atom. The molecule has 2 heterocycles. The van der Waals surface area contributed by atoms with Gasteiger partial charge in [0.1, 0.15) is 5.82 Å². The lowest BCUT2D eigenvalue weighted by atomic mass is 9.81. The molecule has 3 aromatic rings. The van der Waals surface area contributed by atoms with Crippen LogP contribution in [0.2, 0.25) is 0 Å². The van der Waals surface area contributed by atoms with Gasteiger partial charge in [-0.1, -0.05) is 6.07 Å². The summed E-state index contributed by atoms with van der Waals surface area (Å²) >= 11 is 0. The number of amides is 2. The van der Waals surface area contributed by atoms with E-state index in [9.17, 15) is 40.3 Å². The van der Waals surface area contributed by atoms with E-state index in [1.54, 1.807) is 25.1 Å². The van der Waals surface area contributed by atoms with Gasteiger partial charge in [0, 0.05) is 32.1 Å². The first-order chi connectivity index (χ1) is 20.6. The number of benzene rings is 1. The molecular weight excluding hydrogens is 599 g/mol. The van der Waals surface area contributed by atoms with Crippen molar-refractivity contribution in [1.29, 1.82) is 0 Å². The van der Waals surface area contributed by atoms with Crippen LogP contribution in [-0.2, 0) is 11.3 Å². The minimum absolute atomic E-state index is 0.0595. The zero-order chi connectivity index (χ0) is 31.9. The van der Waals surface area contributed by atoms with Gasteiger partial charge >= 0.3 is 6.18 Å². The van der Waals surface area contributed by atoms with Gasteiger partial charge in [-0.25, -0.2) is 22.5 Å². The highest BCUT2D eigenvalue weighted by Gasteiger charge is 2.45. The normalized spacial score (nSPS) is 20.2. The second-order valence-electron chi connectivity index (χ2n) is 11.9. The lowest BCUT2D eigenvalue weighted by molar-refractivity contribution is -0.144. The molecule has 2 amide bonds. The van der Waals surface area contributed by atoms with Gasteiger partial charge in [0.2, 0.25) is 17.8 Å². The van der Waals surface area contributed by atoms with Crippen LogP contribution in [-0.4, -0.2) is 54.8 Å². The number of aromatic amines is 1. The molecule has 240 valence electrons. The summed E-state index contributed by atoms with van der Waals surface area (Å²) in [6.07, 6.45) is -6.20. The maximum absolute atomic E-state index is 14.0. The van der Waals surface area contributed by atoms with E-state index in [1.165, 1.54) is 11.0 Å². The molecule has 9 nitrogen and oxygen atoms in total. The van der Waals surface area contributed by atoms with Crippen molar-refractivity contribution in [2.24, 2.45) is 11.8 Å². The van der Waals surface area contributed by atoms with E-state index >= 15 is 0 Å². The van der Waals surface area contributed by atoms with Crippen LogP contribution < -0.4 is 10.6 Å². The third kappa shape index (κ3) is 7.86. The van der Waals surface area contributed by atoms with Crippen molar-refractivity contribution >= 4 is 22.8 Å². The Balaban J connectivity index is 1.31. The smallest absolute Gasteiger partial charge is 0.350 e. The SMILES string of the molecule is C[C@@H](NC(=O)CCC(F)(F)F)c1ccc2nc([C@@H](NC(=O)c3cnn(CC4CC(F)(F)C4)n3)C3CCC(F)(F)CC3)[nH]c2c1. The Morgan fingerprint density at radius 1 is 1.09 bits per heavy atom. The number of imidazole rings is 1. The van der Waals surface area contributed by atoms with Crippen molar-refractivity contribution in [2.45, 2.75) is 94.9 Å². The minimum atomic E-state index is -4.45. The first kappa shape index (κ1) is 31.7. The van der Waals surface area contributed by atoms with E-state index in [4.69, 9.17) is 0 Å². The lowest BCUT2D eigenvalue weighted by Crippen LogP contribution is -2.38. The molecule has 2 fully saturated rings. The van der Waals surface area contributed by atoms with Crippen molar-refractivity contribution in [1.82, 2.24) is 35.6 Å². The fraction of sp³-hybridized carbons (Fsp3) is 0.607. The zero-order valence-corrected chi connectivity index (χ0v) is 23.7. The highest BCUT2D eigenvalue weighted by molar-refractivity contribution is 5.92. The summed E-state index contributed by atoms with van der Waals surface area (Å²) in [5.41, 5.74) is 1.53. The van der Waals surface area contributed by atoms with Crippen molar-refractivity contribution in [3.05, 3.63) is 41.5 Å². The zero-order valence-electron chi connectivity index (χ0n) is 23.7. The van der Waals surface area contributed by atoms with Crippen LogP contribution in [0.5, 0.6) is 0 Å². The van der Waals surface area contributed by atoms with Gasteiger partial charge in [-0.3, -0.25) is 9.59 Å². The maximum Gasteiger partial charge on any atom is 0.389 e. The molecule has 2 aliphatic carbocycles. The molecule has 0 radical (unpaired) electrons. The Kier molecular flexibility index (Phi) is 8.64. The summed E-state index contributed by atoms with van der Waals surface area (Å²) in [4.78, 5) is 34.1. The maximum atomic E-state index is 14.0. The predicted molar refractivity (Wildman–Crippen MR) is 143 cm³/mol. The van der Waals surface area contributed by atoms with Gasteiger partial charge < -0.3 is 15.6 Å². The van der Waals surface area contributed by atoms with Crippen LogP contribution in [0, 0.1) is 11.8 Å². The van der Waals surface area contributed by atoms with Crippen LogP contribution in [0.25, 0.3) is 11.0 Å². The highest BCUT2D eigenvalue weighted by Crippen LogP contribution is 2.43. The van der Waals surface area contributed by atoms with E-state index in [1.807, 2.05) is 0 Å². The van der Waals surface area contributed by atoms with E-state index in [0.717, 1.165) is 0 Å². The molecule has 1 aromatic carbocycles. The second-order valence-corrected chi connectivity index (χ2v) is 11.9. The average Bonchev–Trinajstić information content (AvgIpc) is 3.56. The molecule has 0 saturated heterocycles. The van der Waals surface area contributed by atoms with Crippen LogP contribution in [0.1, 0.15) is 92.3 Å². The molecule has 44 heavy (non-hydrogen) atoms. The highest BCUT2D eigenvalue weighted by atomic mass is 19.4. The Morgan fingerprint density at radius 3 is 2.45 bits per heavy atom. The van der Waals surface area contributed by atoms with Crippen LogP contribution in [0.3, 0.4) is 0 Å². The molecule has 5 rings (SSSR count). The fourth-order valence-electron chi connectivity index (χ4n) is 5.77. The van der Waals surface area contributed by atoms with Crippen molar-refractivity contribution < 1.29 is 40.3 Å². The number of H-pyrrole nitrogens is 1. The number of carbonyl (C=O) groups is 2. The van der Waals surface area contributed by atoms with Crippen molar-refractivity contribution in [2.75, 3.05) is 0 Å². The predicted octanol–water partition coefficient (Wildman–Crippen LogP) is 6.02.